The van der Waals surface area contributed by atoms with Gasteiger partial charge in [-0.15, -0.1) is 0 Å². The first kappa shape index (κ1) is 28.1. The molecular formula is C28H33F2N5O4. The molecule has 3 aliphatic rings. The molecule has 2 aromatic heterocycles. The summed E-state index contributed by atoms with van der Waals surface area (Å²) >= 11 is 0. The van der Waals surface area contributed by atoms with E-state index in [1.54, 1.807) is 25.1 Å². The van der Waals surface area contributed by atoms with Gasteiger partial charge in [0.15, 0.2) is 5.65 Å². The zero-order valence-corrected chi connectivity index (χ0v) is 22.4. The fourth-order valence-electron chi connectivity index (χ4n) is 5.69. The number of halogens is 2. The Morgan fingerprint density at radius 3 is 2.33 bits per heavy atom. The number of carbonyl (C=O) groups excluding carboxylic acids is 3. The van der Waals surface area contributed by atoms with E-state index in [4.69, 9.17) is 4.74 Å². The average molecular weight is 542 g/mol. The fourth-order valence-corrected chi connectivity index (χ4v) is 5.69. The third-order valence-corrected chi connectivity index (χ3v) is 8.14. The standard InChI is InChI=1S/C27H30FN5O4.CH3F/c1-17-13-18(3-4-19(17)28)15-29-23(34)20-14-21(33-22(32-20)5-12-31-33)24(35)30-16-26-6-9-27(10-7-26,11-8-26)25(36)37-2;1-2/h3-5,12-14H,6-11,15-16H2,1-2H3,(H,29,34)(H,30,35);1H3. The summed E-state index contributed by atoms with van der Waals surface area (Å²) in [7, 11) is 1.94. The highest BCUT2D eigenvalue weighted by Crippen LogP contribution is 2.57. The summed E-state index contributed by atoms with van der Waals surface area (Å²) in [4.78, 5) is 42.8. The number of methoxy groups -OCH3 is 1. The normalized spacial score (nSPS) is 21.6. The van der Waals surface area contributed by atoms with Crippen LogP contribution in [-0.2, 0) is 16.1 Å². The van der Waals surface area contributed by atoms with Gasteiger partial charge in [-0.05, 0) is 68.1 Å². The zero-order chi connectivity index (χ0) is 28.2. The molecule has 2 bridgehead atoms. The number of hydrogen-bond acceptors (Lipinski definition) is 6. The monoisotopic (exact) mass is 541 g/mol. The zero-order valence-electron chi connectivity index (χ0n) is 22.4. The molecule has 0 saturated heterocycles. The number of aromatic nitrogens is 3. The molecule has 9 nitrogen and oxygen atoms in total. The largest absolute Gasteiger partial charge is 0.469 e. The molecule has 2 heterocycles. The van der Waals surface area contributed by atoms with Gasteiger partial charge < -0.3 is 15.4 Å². The second-order valence-electron chi connectivity index (χ2n) is 10.3. The minimum absolute atomic E-state index is 0.0464. The van der Waals surface area contributed by atoms with E-state index in [1.165, 1.54) is 30.0 Å². The van der Waals surface area contributed by atoms with Crippen LogP contribution in [0.15, 0.2) is 36.5 Å². The van der Waals surface area contributed by atoms with Gasteiger partial charge in [-0.25, -0.2) is 13.9 Å². The maximum atomic E-state index is 13.5. The number of aryl methyl sites for hydroxylation is 1. The predicted molar refractivity (Wildman–Crippen MR) is 139 cm³/mol. The van der Waals surface area contributed by atoms with Crippen molar-refractivity contribution in [2.45, 2.75) is 52.0 Å². The molecule has 208 valence electrons. The maximum Gasteiger partial charge on any atom is 0.311 e. The minimum atomic E-state index is -0.447. The number of esters is 1. The Kier molecular flexibility index (Phi) is 8.27. The van der Waals surface area contributed by atoms with Crippen molar-refractivity contribution in [3.05, 3.63) is 64.9 Å². The number of benzene rings is 1. The number of hydrogen-bond donors (Lipinski definition) is 2. The molecule has 0 aliphatic heterocycles. The molecule has 0 radical (unpaired) electrons. The van der Waals surface area contributed by atoms with Crippen LogP contribution in [0.5, 0.6) is 0 Å². The number of carbonyl (C=O) groups is 3. The minimum Gasteiger partial charge on any atom is -0.469 e. The second kappa shape index (κ2) is 11.5. The van der Waals surface area contributed by atoms with Crippen molar-refractivity contribution >= 4 is 23.4 Å². The van der Waals surface area contributed by atoms with Gasteiger partial charge in [0.05, 0.1) is 25.9 Å². The van der Waals surface area contributed by atoms with Crippen molar-refractivity contribution in [3.63, 3.8) is 0 Å². The summed E-state index contributed by atoms with van der Waals surface area (Å²) in [5.74, 6) is -1.22. The van der Waals surface area contributed by atoms with Gasteiger partial charge in [0.25, 0.3) is 11.8 Å². The lowest BCUT2D eigenvalue weighted by Crippen LogP contribution is -2.50. The van der Waals surface area contributed by atoms with Gasteiger partial charge in [-0.2, -0.15) is 5.10 Å². The number of amides is 2. The first-order valence-corrected chi connectivity index (χ1v) is 12.9. The molecule has 11 heteroatoms. The highest BCUT2D eigenvalue weighted by atomic mass is 19.1. The van der Waals surface area contributed by atoms with Crippen molar-refractivity contribution in [3.8, 4) is 0 Å². The van der Waals surface area contributed by atoms with Crippen molar-refractivity contribution in [1.29, 1.82) is 0 Å². The van der Waals surface area contributed by atoms with E-state index in [0.29, 0.717) is 24.9 Å². The van der Waals surface area contributed by atoms with Crippen LogP contribution in [0, 0.1) is 23.6 Å². The molecule has 0 unspecified atom stereocenters. The molecule has 39 heavy (non-hydrogen) atoms. The Morgan fingerprint density at radius 2 is 1.69 bits per heavy atom. The van der Waals surface area contributed by atoms with Gasteiger partial charge in [-0.1, -0.05) is 12.1 Å². The SMILES string of the molecule is CF.COC(=O)C12CCC(CNC(=O)c3cc(C(=O)NCc4ccc(F)c(C)c4)nc4ccnn34)(CC1)CC2. The van der Waals surface area contributed by atoms with E-state index < -0.39 is 5.91 Å². The molecule has 3 saturated carbocycles. The van der Waals surface area contributed by atoms with E-state index in [9.17, 15) is 23.2 Å². The smallest absolute Gasteiger partial charge is 0.311 e. The highest BCUT2D eigenvalue weighted by molar-refractivity contribution is 5.98. The topological polar surface area (TPSA) is 115 Å². The summed E-state index contributed by atoms with van der Waals surface area (Å²) < 4.78 is 29.5. The molecule has 1 aromatic carbocycles. The molecule has 2 amide bonds. The van der Waals surface area contributed by atoms with E-state index >= 15 is 0 Å². The lowest BCUT2D eigenvalue weighted by molar-refractivity contribution is -0.162. The first-order chi connectivity index (χ1) is 18.7. The molecule has 0 atom stereocenters. The Bertz CT molecular complexity index is 1370. The van der Waals surface area contributed by atoms with Crippen LogP contribution in [0.3, 0.4) is 0 Å². The predicted octanol–water partition coefficient (Wildman–Crippen LogP) is 3.94. The van der Waals surface area contributed by atoms with E-state index in [-0.39, 0.29) is 46.5 Å². The summed E-state index contributed by atoms with van der Waals surface area (Å²) in [6.07, 6.45) is 6.39. The summed E-state index contributed by atoms with van der Waals surface area (Å²) in [5.41, 5.74) is 1.52. The van der Waals surface area contributed by atoms with Crippen LogP contribution in [0.2, 0.25) is 0 Å². The molecule has 3 aromatic rings. The number of nitrogens with one attached hydrogen (secondary N) is 2. The molecule has 3 fully saturated rings. The Morgan fingerprint density at radius 1 is 1.00 bits per heavy atom. The van der Waals surface area contributed by atoms with Crippen molar-refractivity contribution in [2.75, 3.05) is 20.8 Å². The van der Waals surface area contributed by atoms with E-state index in [0.717, 1.165) is 44.1 Å². The first-order valence-electron chi connectivity index (χ1n) is 12.9. The van der Waals surface area contributed by atoms with E-state index in [1.807, 2.05) is 0 Å². The molecule has 2 N–H and O–H groups in total. The van der Waals surface area contributed by atoms with Crippen LogP contribution in [0.4, 0.5) is 8.78 Å². The number of ether oxygens (including phenoxy) is 1. The van der Waals surface area contributed by atoms with Crippen molar-refractivity contribution < 1.29 is 27.9 Å². The molecule has 0 spiro atoms. The number of rotatable bonds is 7. The molecule has 6 rings (SSSR count). The third-order valence-electron chi connectivity index (χ3n) is 8.14. The van der Waals surface area contributed by atoms with Gasteiger partial charge >= 0.3 is 5.97 Å². The van der Waals surface area contributed by atoms with Crippen LogP contribution in [0.1, 0.15) is 70.6 Å². The summed E-state index contributed by atoms with van der Waals surface area (Å²) in [5, 5.41) is 10.0. The maximum absolute atomic E-state index is 13.5. The van der Waals surface area contributed by atoms with Gasteiger partial charge in [-0.3, -0.25) is 18.8 Å². The van der Waals surface area contributed by atoms with Crippen LogP contribution in [0.25, 0.3) is 5.65 Å². The van der Waals surface area contributed by atoms with Crippen molar-refractivity contribution in [2.24, 2.45) is 10.8 Å². The van der Waals surface area contributed by atoms with Crippen LogP contribution >= 0.6 is 0 Å². The lowest BCUT2D eigenvalue weighted by atomic mass is 9.53. The third kappa shape index (κ3) is 5.62. The van der Waals surface area contributed by atoms with Crippen LogP contribution < -0.4 is 10.6 Å². The quantitative estimate of drug-likeness (QED) is 0.438. The highest BCUT2D eigenvalue weighted by Gasteiger charge is 2.53. The summed E-state index contributed by atoms with van der Waals surface area (Å²) in [6, 6.07) is 7.71. The van der Waals surface area contributed by atoms with Gasteiger partial charge in [0.2, 0.25) is 0 Å². The van der Waals surface area contributed by atoms with E-state index in [2.05, 4.69) is 20.7 Å². The van der Waals surface area contributed by atoms with Gasteiger partial charge in [0.1, 0.15) is 17.2 Å². The number of alkyl halides is 1. The Hall–Kier alpha value is -3.89. The molecular weight excluding hydrogens is 508 g/mol. The second-order valence-corrected chi connectivity index (χ2v) is 10.3. The average Bonchev–Trinajstić information content (AvgIpc) is 3.46. The van der Waals surface area contributed by atoms with Crippen LogP contribution in [-0.4, -0.2) is 53.2 Å². The fraction of sp³-hybridized carbons (Fsp3) is 0.464. The lowest BCUT2D eigenvalue weighted by Gasteiger charge is -2.51. The summed E-state index contributed by atoms with van der Waals surface area (Å²) in [6.45, 7) is 2.35. The number of fused-ring (bicyclic) bond motifs is 4. The Balaban J connectivity index is 0.00000172. The number of nitrogens with zero attached hydrogens (tertiary/aromatic N) is 3. The van der Waals surface area contributed by atoms with Crippen molar-refractivity contribution in [1.82, 2.24) is 25.2 Å². The molecule has 3 aliphatic carbocycles. The van der Waals surface area contributed by atoms with Gasteiger partial charge in [0, 0.05) is 25.2 Å². The Labute approximate surface area is 225 Å².